The maximum atomic E-state index is 13.1. The molecular weight excluding hydrogens is 378 g/mol. The van der Waals surface area contributed by atoms with Gasteiger partial charge in [0.15, 0.2) is 5.76 Å². The second kappa shape index (κ2) is 10.3. The number of piperidine rings is 1. The number of halogens is 1. The van der Waals surface area contributed by atoms with Crippen molar-refractivity contribution in [3.05, 3.63) is 46.7 Å². The predicted octanol–water partition coefficient (Wildman–Crippen LogP) is 4.10. The molecule has 1 aromatic rings. The molecule has 1 fully saturated rings. The van der Waals surface area contributed by atoms with Gasteiger partial charge in [-0.05, 0) is 62.8 Å². The maximum Gasteiger partial charge on any atom is 0.288 e. The summed E-state index contributed by atoms with van der Waals surface area (Å²) in [6.07, 6.45) is 6.08. The van der Waals surface area contributed by atoms with E-state index in [4.69, 9.17) is 21.1 Å². The van der Waals surface area contributed by atoms with Gasteiger partial charge in [0.05, 0.1) is 0 Å². The van der Waals surface area contributed by atoms with Crippen LogP contribution in [0.5, 0.6) is 0 Å². The minimum absolute atomic E-state index is 0.0196. The minimum Gasteiger partial charge on any atom is -0.459 e. The number of nitrogens with zero attached hydrogens (tertiary/aromatic N) is 1. The molecular formula is C22H30ClNO4. The number of hydrogen-bond acceptors (Lipinski definition) is 4. The van der Waals surface area contributed by atoms with Crippen LogP contribution in [0.15, 0.2) is 36.1 Å². The fourth-order valence-corrected chi connectivity index (χ4v) is 4.20. The van der Waals surface area contributed by atoms with Crippen molar-refractivity contribution >= 4 is 17.5 Å². The zero-order valence-electron chi connectivity index (χ0n) is 16.5. The van der Waals surface area contributed by atoms with Gasteiger partial charge in [0.2, 0.25) is 6.29 Å². The van der Waals surface area contributed by atoms with Crippen LogP contribution in [-0.4, -0.2) is 48.5 Å². The average molecular weight is 408 g/mol. The number of benzene rings is 1. The highest BCUT2D eigenvalue weighted by atomic mass is 35.5. The van der Waals surface area contributed by atoms with Gasteiger partial charge in [-0.25, -0.2) is 0 Å². The van der Waals surface area contributed by atoms with E-state index < -0.39 is 6.29 Å². The van der Waals surface area contributed by atoms with E-state index in [0.717, 1.165) is 37.9 Å². The molecule has 1 saturated heterocycles. The third kappa shape index (κ3) is 5.07. The molecule has 0 saturated carbocycles. The molecule has 3 atom stereocenters. The lowest BCUT2D eigenvalue weighted by molar-refractivity contribution is -0.170. The molecule has 2 aliphatic heterocycles. The lowest BCUT2D eigenvalue weighted by atomic mass is 9.80. The molecule has 1 aromatic carbocycles. The molecule has 28 heavy (non-hydrogen) atoms. The maximum absolute atomic E-state index is 13.1. The highest BCUT2D eigenvalue weighted by molar-refractivity contribution is 6.30. The van der Waals surface area contributed by atoms with Gasteiger partial charge in [-0.2, -0.15) is 0 Å². The van der Waals surface area contributed by atoms with Crippen molar-refractivity contribution in [2.75, 3.05) is 26.3 Å². The van der Waals surface area contributed by atoms with Crippen molar-refractivity contribution in [2.45, 2.75) is 51.2 Å². The predicted molar refractivity (Wildman–Crippen MR) is 109 cm³/mol. The van der Waals surface area contributed by atoms with Crippen LogP contribution < -0.4 is 0 Å². The van der Waals surface area contributed by atoms with Gasteiger partial charge in [0.25, 0.3) is 5.91 Å². The van der Waals surface area contributed by atoms with E-state index in [1.54, 1.807) is 0 Å². The largest absolute Gasteiger partial charge is 0.459 e. The molecule has 154 valence electrons. The zero-order valence-corrected chi connectivity index (χ0v) is 17.2. The van der Waals surface area contributed by atoms with E-state index in [2.05, 4.69) is 0 Å². The fourth-order valence-electron chi connectivity index (χ4n) is 4.08. The van der Waals surface area contributed by atoms with Crippen LogP contribution in [0.2, 0.25) is 5.02 Å². The number of likely N-dealkylation sites (tertiary alicyclic amines) is 1. The van der Waals surface area contributed by atoms with Crippen molar-refractivity contribution in [2.24, 2.45) is 5.92 Å². The molecule has 2 aliphatic rings. The Kier molecular flexibility index (Phi) is 7.77. The van der Waals surface area contributed by atoms with Crippen LogP contribution in [0.4, 0.5) is 0 Å². The number of rotatable bonds is 7. The Bertz CT molecular complexity index is 670. The summed E-state index contributed by atoms with van der Waals surface area (Å²) in [5.74, 6) is 0.313. The Labute approximate surface area is 172 Å². The highest BCUT2D eigenvalue weighted by Gasteiger charge is 2.38. The van der Waals surface area contributed by atoms with E-state index >= 15 is 0 Å². The molecule has 0 unspecified atom stereocenters. The fraction of sp³-hybridized carbons (Fsp3) is 0.591. The topological polar surface area (TPSA) is 59.0 Å². The summed E-state index contributed by atoms with van der Waals surface area (Å²) in [7, 11) is 0. The first-order valence-electron chi connectivity index (χ1n) is 10.3. The molecule has 2 heterocycles. The van der Waals surface area contributed by atoms with Gasteiger partial charge < -0.3 is 19.5 Å². The van der Waals surface area contributed by atoms with Gasteiger partial charge in [0, 0.05) is 43.2 Å². The van der Waals surface area contributed by atoms with Crippen LogP contribution >= 0.6 is 11.6 Å². The smallest absolute Gasteiger partial charge is 0.288 e. The standard InChI is InChI=1S/C22H30ClNO4/c1-2-27-22-18(7-6-14-25)19(16-8-10-17(23)11-9-16)15-20(28-22)21(26)24-12-4-3-5-13-24/h8-11,15,18-19,22,25H,2-7,12-14H2,1H3/t18-,19-,22-/m0/s1. The molecule has 0 radical (unpaired) electrons. The second-order valence-electron chi connectivity index (χ2n) is 7.43. The van der Waals surface area contributed by atoms with Gasteiger partial charge in [-0.1, -0.05) is 23.7 Å². The van der Waals surface area contributed by atoms with Crippen molar-refractivity contribution in [1.82, 2.24) is 4.90 Å². The van der Waals surface area contributed by atoms with Crippen LogP contribution in [0, 0.1) is 5.92 Å². The van der Waals surface area contributed by atoms with Crippen LogP contribution in [0.25, 0.3) is 0 Å². The SMILES string of the molecule is CCO[C@H]1OC(C(=O)N2CCCCC2)=C[C@@H](c2ccc(Cl)cc2)[C@@H]1CCCO. The highest BCUT2D eigenvalue weighted by Crippen LogP contribution is 2.40. The van der Waals surface area contributed by atoms with E-state index in [9.17, 15) is 9.90 Å². The molecule has 3 rings (SSSR count). The number of ether oxygens (including phenoxy) is 2. The van der Waals surface area contributed by atoms with E-state index in [-0.39, 0.29) is 24.3 Å². The van der Waals surface area contributed by atoms with Gasteiger partial charge in [-0.3, -0.25) is 4.79 Å². The Hall–Kier alpha value is -1.56. The molecule has 1 amide bonds. The van der Waals surface area contributed by atoms with Crippen LogP contribution in [0.3, 0.4) is 0 Å². The summed E-state index contributed by atoms with van der Waals surface area (Å²) in [6, 6.07) is 7.72. The second-order valence-corrected chi connectivity index (χ2v) is 7.87. The molecule has 0 aliphatic carbocycles. The molecule has 6 heteroatoms. The normalized spacial score (nSPS) is 25.2. The number of amides is 1. The Morgan fingerprint density at radius 3 is 2.61 bits per heavy atom. The van der Waals surface area contributed by atoms with Crippen molar-refractivity contribution in [1.29, 1.82) is 0 Å². The monoisotopic (exact) mass is 407 g/mol. The number of aliphatic hydroxyl groups excluding tert-OH is 1. The summed E-state index contributed by atoms with van der Waals surface area (Å²) < 4.78 is 12.0. The lowest BCUT2D eigenvalue weighted by Crippen LogP contribution is -2.42. The molecule has 1 N–H and O–H groups in total. The van der Waals surface area contributed by atoms with Gasteiger partial charge in [-0.15, -0.1) is 0 Å². The Balaban J connectivity index is 1.92. The lowest BCUT2D eigenvalue weighted by Gasteiger charge is -2.38. The van der Waals surface area contributed by atoms with Crippen molar-refractivity contribution in [3.63, 3.8) is 0 Å². The van der Waals surface area contributed by atoms with Gasteiger partial charge >= 0.3 is 0 Å². The first kappa shape index (κ1) is 21.2. The first-order chi connectivity index (χ1) is 13.6. The average Bonchev–Trinajstić information content (AvgIpc) is 2.73. The third-order valence-electron chi connectivity index (χ3n) is 5.52. The zero-order chi connectivity index (χ0) is 19.9. The minimum atomic E-state index is -0.508. The summed E-state index contributed by atoms with van der Waals surface area (Å²) in [6.45, 7) is 4.09. The summed E-state index contributed by atoms with van der Waals surface area (Å²) in [5, 5.41) is 10.0. The van der Waals surface area contributed by atoms with Gasteiger partial charge in [0.1, 0.15) is 0 Å². The summed E-state index contributed by atoms with van der Waals surface area (Å²) >= 11 is 6.07. The van der Waals surface area contributed by atoms with Crippen molar-refractivity contribution < 1.29 is 19.4 Å². The molecule has 0 bridgehead atoms. The Morgan fingerprint density at radius 2 is 1.96 bits per heavy atom. The van der Waals surface area contributed by atoms with Crippen molar-refractivity contribution in [3.8, 4) is 0 Å². The summed E-state index contributed by atoms with van der Waals surface area (Å²) in [4.78, 5) is 15.0. The first-order valence-corrected chi connectivity index (χ1v) is 10.7. The number of hydrogen-bond donors (Lipinski definition) is 1. The van der Waals surface area contributed by atoms with E-state index in [1.807, 2.05) is 42.2 Å². The third-order valence-corrected chi connectivity index (χ3v) is 5.77. The number of allylic oxidation sites excluding steroid dienone is 1. The van der Waals surface area contributed by atoms with Crippen LogP contribution in [0.1, 0.15) is 50.5 Å². The molecule has 0 spiro atoms. The molecule has 0 aromatic heterocycles. The quantitative estimate of drug-likeness (QED) is 0.739. The van der Waals surface area contributed by atoms with E-state index in [0.29, 0.717) is 23.8 Å². The Morgan fingerprint density at radius 1 is 1.25 bits per heavy atom. The number of carbonyl (C=O) groups excluding carboxylic acids is 1. The number of aliphatic hydroxyl groups is 1. The summed E-state index contributed by atoms with van der Waals surface area (Å²) in [5.41, 5.74) is 1.07. The van der Waals surface area contributed by atoms with E-state index in [1.165, 1.54) is 6.42 Å². The number of carbonyl (C=O) groups is 1. The molecule has 5 nitrogen and oxygen atoms in total. The van der Waals surface area contributed by atoms with Crippen LogP contribution in [-0.2, 0) is 14.3 Å².